The first-order valence-electron chi connectivity index (χ1n) is 10.6. The number of anilines is 1. The average molecular weight is 427 g/mol. The Morgan fingerprint density at radius 2 is 2.00 bits per heavy atom. The summed E-state index contributed by atoms with van der Waals surface area (Å²) in [6.07, 6.45) is 6.61. The first-order valence-corrected chi connectivity index (χ1v) is 10.6. The number of nitrogens with zero attached hydrogens (tertiary/aromatic N) is 4. The molecule has 2 unspecified atom stereocenters. The largest absolute Gasteiger partial charge is 0.486 e. The summed E-state index contributed by atoms with van der Waals surface area (Å²) in [7, 11) is 0. The van der Waals surface area contributed by atoms with Crippen molar-refractivity contribution < 1.29 is 19.0 Å². The van der Waals surface area contributed by atoms with Gasteiger partial charge in [0.05, 0.1) is 29.5 Å². The van der Waals surface area contributed by atoms with E-state index < -0.39 is 12.0 Å². The van der Waals surface area contributed by atoms with Crippen molar-refractivity contribution in [2.75, 3.05) is 44.3 Å². The minimum absolute atomic E-state index is 0.368. The van der Waals surface area contributed by atoms with E-state index in [4.69, 9.17) is 9.47 Å². The molecule has 3 aliphatic rings. The second-order valence-electron chi connectivity index (χ2n) is 8.01. The van der Waals surface area contributed by atoms with Crippen molar-refractivity contribution in [2.24, 2.45) is 0 Å². The monoisotopic (exact) mass is 427 g/mol. The molecule has 3 aliphatic heterocycles. The highest BCUT2D eigenvalue weighted by molar-refractivity contribution is 5.68. The zero-order valence-electron chi connectivity index (χ0n) is 17.2. The van der Waals surface area contributed by atoms with Crippen LogP contribution in [0.15, 0.2) is 30.6 Å². The average Bonchev–Trinajstić information content (AvgIpc) is 3.24. The van der Waals surface area contributed by atoms with Gasteiger partial charge < -0.3 is 24.8 Å². The van der Waals surface area contributed by atoms with Crippen LogP contribution in [0.1, 0.15) is 17.8 Å². The lowest BCUT2D eigenvalue weighted by molar-refractivity contribution is 0.170. The van der Waals surface area contributed by atoms with Gasteiger partial charge in [-0.2, -0.15) is 0 Å². The summed E-state index contributed by atoms with van der Waals surface area (Å²) in [4.78, 5) is 12.7. The Kier molecular flexibility index (Phi) is 5.71. The maximum absolute atomic E-state index is 13.7. The van der Waals surface area contributed by atoms with Crippen LogP contribution in [0.3, 0.4) is 0 Å². The molecule has 0 amide bonds. The van der Waals surface area contributed by atoms with Crippen LogP contribution in [0.4, 0.5) is 10.1 Å². The fraction of sp³-hybridized carbons (Fsp3) is 0.455. The third kappa shape index (κ3) is 4.48. The zero-order valence-corrected chi connectivity index (χ0v) is 17.2. The van der Waals surface area contributed by atoms with E-state index in [2.05, 4.69) is 20.2 Å². The van der Waals surface area contributed by atoms with Gasteiger partial charge in [-0.3, -0.25) is 14.9 Å². The van der Waals surface area contributed by atoms with Gasteiger partial charge >= 0.3 is 0 Å². The van der Waals surface area contributed by atoms with E-state index in [1.54, 1.807) is 23.2 Å². The predicted octanol–water partition coefficient (Wildman–Crippen LogP) is 1.40. The molecule has 31 heavy (non-hydrogen) atoms. The summed E-state index contributed by atoms with van der Waals surface area (Å²) in [5.74, 6) is 1.06. The van der Waals surface area contributed by atoms with Crippen LogP contribution >= 0.6 is 0 Å². The van der Waals surface area contributed by atoms with E-state index in [-0.39, 0.29) is 0 Å². The Morgan fingerprint density at radius 1 is 1.13 bits per heavy atom. The Bertz CT molecular complexity index is 972. The Balaban J connectivity index is 1.12. The van der Waals surface area contributed by atoms with Gasteiger partial charge in [0.2, 0.25) is 0 Å². The summed E-state index contributed by atoms with van der Waals surface area (Å²) in [5, 5.41) is 13.9. The van der Waals surface area contributed by atoms with E-state index in [1.165, 1.54) is 12.3 Å². The van der Waals surface area contributed by atoms with Gasteiger partial charge in [0.15, 0.2) is 11.5 Å². The summed E-state index contributed by atoms with van der Waals surface area (Å²) >= 11 is 0. The van der Waals surface area contributed by atoms with Crippen LogP contribution in [0.2, 0.25) is 0 Å². The van der Waals surface area contributed by atoms with Gasteiger partial charge in [0, 0.05) is 44.4 Å². The molecule has 0 spiro atoms. The Labute approximate surface area is 180 Å². The van der Waals surface area contributed by atoms with Crippen LogP contribution in [0.25, 0.3) is 6.08 Å². The molecule has 1 fully saturated rings. The third-order valence-electron chi connectivity index (χ3n) is 5.91. The van der Waals surface area contributed by atoms with Crippen molar-refractivity contribution >= 4 is 11.8 Å². The highest BCUT2D eigenvalue weighted by Crippen LogP contribution is 2.29. The van der Waals surface area contributed by atoms with E-state index in [9.17, 15) is 9.50 Å². The molecular formula is C22H26FN5O3. The SMILES string of the molecule is OC1C=Cc2ncc(F)cc2N1CCN1CCC(NCc2cc3c(cn2)OCCO3)C1. The molecule has 9 heteroatoms. The number of rotatable bonds is 6. The number of aromatic nitrogens is 2. The van der Waals surface area contributed by atoms with Crippen molar-refractivity contribution in [3.8, 4) is 11.5 Å². The predicted molar refractivity (Wildman–Crippen MR) is 113 cm³/mol. The van der Waals surface area contributed by atoms with Crippen LogP contribution in [0.5, 0.6) is 11.5 Å². The third-order valence-corrected chi connectivity index (χ3v) is 5.91. The van der Waals surface area contributed by atoms with Crippen molar-refractivity contribution in [2.45, 2.75) is 25.2 Å². The lowest BCUT2D eigenvalue weighted by Crippen LogP contribution is -2.42. The van der Waals surface area contributed by atoms with Crippen molar-refractivity contribution in [1.29, 1.82) is 0 Å². The van der Waals surface area contributed by atoms with Gasteiger partial charge in [0.1, 0.15) is 25.3 Å². The highest BCUT2D eigenvalue weighted by Gasteiger charge is 2.26. The van der Waals surface area contributed by atoms with Gasteiger partial charge in [0.25, 0.3) is 0 Å². The summed E-state index contributed by atoms with van der Waals surface area (Å²) in [5.41, 5.74) is 2.24. The molecule has 5 heterocycles. The molecule has 0 saturated carbocycles. The first kappa shape index (κ1) is 20.2. The number of pyridine rings is 2. The molecular weight excluding hydrogens is 401 g/mol. The van der Waals surface area contributed by atoms with Gasteiger partial charge in [-0.05, 0) is 25.1 Å². The minimum Gasteiger partial charge on any atom is -0.486 e. The van der Waals surface area contributed by atoms with E-state index in [0.717, 1.165) is 37.5 Å². The molecule has 2 aromatic rings. The highest BCUT2D eigenvalue weighted by atomic mass is 19.1. The molecule has 164 valence electrons. The molecule has 2 aromatic heterocycles. The van der Waals surface area contributed by atoms with Crippen LogP contribution in [-0.2, 0) is 6.54 Å². The molecule has 5 rings (SSSR count). The molecule has 2 N–H and O–H groups in total. The number of hydrogen-bond acceptors (Lipinski definition) is 8. The number of nitrogens with one attached hydrogen (secondary N) is 1. The second-order valence-corrected chi connectivity index (χ2v) is 8.01. The number of hydrogen-bond donors (Lipinski definition) is 2. The van der Waals surface area contributed by atoms with E-state index in [0.29, 0.717) is 49.5 Å². The maximum atomic E-state index is 13.7. The van der Waals surface area contributed by atoms with E-state index >= 15 is 0 Å². The summed E-state index contributed by atoms with van der Waals surface area (Å²) < 4.78 is 24.8. The molecule has 0 aliphatic carbocycles. The number of ether oxygens (including phenoxy) is 2. The quantitative estimate of drug-likeness (QED) is 0.716. The number of aliphatic hydroxyl groups is 1. The Morgan fingerprint density at radius 3 is 2.90 bits per heavy atom. The fourth-order valence-electron chi connectivity index (χ4n) is 4.26. The normalized spacial score (nSPS) is 22.6. The first-order chi connectivity index (χ1) is 15.2. The summed E-state index contributed by atoms with van der Waals surface area (Å²) in [6.45, 7) is 5.06. The molecule has 8 nitrogen and oxygen atoms in total. The Hall–Kier alpha value is -2.75. The number of halogens is 1. The van der Waals surface area contributed by atoms with Crippen molar-refractivity contribution in [3.05, 3.63) is 47.8 Å². The standard InChI is InChI=1S/C22H26FN5O3/c23-15-9-19-18(26-11-15)1-2-22(29)28(19)6-5-27-4-3-16(14-27)24-12-17-10-20-21(13-25-17)31-8-7-30-20/h1-2,9-11,13,16,22,24,29H,3-8,12,14H2. The molecule has 2 atom stereocenters. The lowest BCUT2D eigenvalue weighted by atomic mass is 10.1. The molecule has 1 saturated heterocycles. The second kappa shape index (κ2) is 8.78. The van der Waals surface area contributed by atoms with Crippen molar-refractivity contribution in [3.63, 3.8) is 0 Å². The number of aliphatic hydroxyl groups excluding tert-OH is 1. The summed E-state index contributed by atoms with van der Waals surface area (Å²) in [6, 6.07) is 3.74. The van der Waals surface area contributed by atoms with Gasteiger partial charge in [-0.1, -0.05) is 0 Å². The van der Waals surface area contributed by atoms with E-state index in [1.807, 2.05) is 6.07 Å². The molecule has 0 bridgehead atoms. The maximum Gasteiger partial charge on any atom is 0.179 e. The number of likely N-dealkylation sites (tertiary alicyclic amines) is 1. The topological polar surface area (TPSA) is 83.0 Å². The van der Waals surface area contributed by atoms with Crippen molar-refractivity contribution in [1.82, 2.24) is 20.2 Å². The smallest absolute Gasteiger partial charge is 0.179 e. The van der Waals surface area contributed by atoms with Crippen LogP contribution in [0, 0.1) is 5.82 Å². The molecule has 0 aromatic carbocycles. The van der Waals surface area contributed by atoms with Crippen LogP contribution in [-0.4, -0.2) is 71.6 Å². The van der Waals surface area contributed by atoms with Gasteiger partial charge in [-0.15, -0.1) is 0 Å². The van der Waals surface area contributed by atoms with Crippen LogP contribution < -0.4 is 19.7 Å². The lowest BCUT2D eigenvalue weighted by Gasteiger charge is -2.33. The minimum atomic E-state index is -0.770. The fourth-order valence-corrected chi connectivity index (χ4v) is 4.26. The molecule has 0 radical (unpaired) electrons. The zero-order chi connectivity index (χ0) is 21.2. The van der Waals surface area contributed by atoms with Gasteiger partial charge in [-0.25, -0.2) is 4.39 Å². The number of fused-ring (bicyclic) bond motifs is 2.